The number of ether oxygens (including phenoxy) is 1. The van der Waals surface area contributed by atoms with Crippen LogP contribution in [0.25, 0.3) is 0 Å². The zero-order valence-electron chi connectivity index (χ0n) is 21.5. The minimum atomic E-state index is -3.74. The number of hydrogen-bond donors (Lipinski definition) is 3. The molecule has 3 heterocycles. The highest BCUT2D eigenvalue weighted by Crippen LogP contribution is 2.54. The molecule has 4 aliphatic rings. The van der Waals surface area contributed by atoms with Crippen molar-refractivity contribution in [3.8, 4) is 5.75 Å². The summed E-state index contributed by atoms with van der Waals surface area (Å²) in [5.41, 5.74) is 3.64. The Morgan fingerprint density at radius 2 is 1.72 bits per heavy atom. The molecule has 39 heavy (non-hydrogen) atoms. The van der Waals surface area contributed by atoms with E-state index in [2.05, 4.69) is 14.9 Å². The Hall–Kier alpha value is -3.12. The van der Waals surface area contributed by atoms with Crippen molar-refractivity contribution in [2.45, 2.75) is 38.0 Å². The third kappa shape index (κ3) is 5.36. The van der Waals surface area contributed by atoms with E-state index in [4.69, 9.17) is 9.84 Å². The van der Waals surface area contributed by atoms with E-state index in [1.165, 1.54) is 18.9 Å². The zero-order chi connectivity index (χ0) is 27.4. The molecule has 6 rings (SSSR count). The fourth-order valence-corrected chi connectivity index (χ4v) is 6.60. The Morgan fingerprint density at radius 1 is 1.00 bits per heavy atom. The average Bonchev–Trinajstić information content (AvgIpc) is 3.44. The maximum Gasteiger partial charge on any atom is 0.282 e. The van der Waals surface area contributed by atoms with Gasteiger partial charge in [-0.2, -0.15) is 0 Å². The number of nitrogens with zero attached hydrogens (tertiary/aromatic N) is 2. The van der Waals surface area contributed by atoms with Gasteiger partial charge in [0.15, 0.2) is 0 Å². The van der Waals surface area contributed by atoms with Crippen LogP contribution in [0.2, 0.25) is 0 Å². The van der Waals surface area contributed by atoms with Gasteiger partial charge in [-0.1, -0.05) is 0 Å². The molecule has 1 aliphatic carbocycles. The highest BCUT2D eigenvalue weighted by molar-refractivity contribution is 7.92. The molecule has 2 aromatic rings. The van der Waals surface area contributed by atoms with Crippen molar-refractivity contribution >= 4 is 38.7 Å². The van der Waals surface area contributed by atoms with Crippen LogP contribution >= 0.6 is 0 Å². The number of carbonyl (C=O) groups excluding carboxylic acids is 1. The highest BCUT2D eigenvalue weighted by Gasteiger charge is 2.46. The molecular weight excluding hydrogens is 530 g/mol. The number of carbonyl (C=O) groups is 1. The minimum Gasteiger partial charge on any atom is -0.491 e. The number of aliphatic hydroxyl groups excluding tert-OH is 1. The van der Waals surface area contributed by atoms with Crippen LogP contribution in [0.15, 0.2) is 30.3 Å². The van der Waals surface area contributed by atoms with Gasteiger partial charge in [-0.3, -0.25) is 9.52 Å². The molecule has 12 heteroatoms. The van der Waals surface area contributed by atoms with Crippen LogP contribution in [0, 0.1) is 5.41 Å². The molecule has 210 valence electrons. The van der Waals surface area contributed by atoms with E-state index < -0.39 is 41.4 Å². The van der Waals surface area contributed by atoms with Gasteiger partial charge in [0, 0.05) is 30.8 Å². The first-order valence-corrected chi connectivity index (χ1v) is 14.9. The van der Waals surface area contributed by atoms with Crippen molar-refractivity contribution < 1.29 is 31.8 Å². The van der Waals surface area contributed by atoms with Gasteiger partial charge in [0.1, 0.15) is 5.75 Å². The van der Waals surface area contributed by atoms with E-state index in [1.807, 2.05) is 6.07 Å². The second-order valence-electron chi connectivity index (χ2n) is 11.1. The van der Waals surface area contributed by atoms with E-state index in [0.29, 0.717) is 52.5 Å². The van der Waals surface area contributed by atoms with Crippen LogP contribution in [0.4, 0.5) is 31.5 Å². The van der Waals surface area contributed by atoms with Gasteiger partial charge in [0.05, 0.1) is 54.7 Å². The van der Waals surface area contributed by atoms with Gasteiger partial charge in [-0.25, -0.2) is 17.2 Å². The number of aliphatic hydroxyl groups is 1. The van der Waals surface area contributed by atoms with Gasteiger partial charge in [-0.15, -0.1) is 0 Å². The quantitative estimate of drug-likeness (QED) is 0.452. The van der Waals surface area contributed by atoms with E-state index in [9.17, 15) is 22.0 Å². The van der Waals surface area contributed by atoms with Crippen LogP contribution in [0.1, 0.15) is 41.6 Å². The standard InChI is InChI=1S/C27H32F2N4O5S/c28-27(29)16-33(17-27)23-15-20(13-18-3-11-38-24(18)23)30-25(35)21-2-1-19(31-39(36,37)12-10-34)14-22(21)32-8-6-26(4-5-26)7-9-32/h1-2,13-15,31,34H,3-12,16-17H2,(H,30,35). The molecule has 3 N–H and O–H groups in total. The number of benzene rings is 2. The zero-order valence-corrected chi connectivity index (χ0v) is 22.3. The van der Waals surface area contributed by atoms with Crippen molar-refractivity contribution in [2.24, 2.45) is 5.41 Å². The molecule has 0 unspecified atom stereocenters. The maximum atomic E-state index is 13.6. The number of piperidine rings is 1. The predicted molar refractivity (Wildman–Crippen MR) is 145 cm³/mol. The number of sulfonamides is 1. The van der Waals surface area contributed by atoms with E-state index in [-0.39, 0.29) is 5.91 Å². The SMILES string of the molecule is O=C(Nc1cc2c(c(N3CC(F)(F)C3)c1)OCC2)c1ccc(NS(=O)(=O)CCO)cc1N1CCC2(CC1)CC2. The fraction of sp³-hybridized carbons (Fsp3) is 0.519. The predicted octanol–water partition coefficient (Wildman–Crippen LogP) is 3.44. The summed E-state index contributed by atoms with van der Waals surface area (Å²) in [4.78, 5) is 17.3. The number of fused-ring (bicyclic) bond motifs is 1. The summed E-state index contributed by atoms with van der Waals surface area (Å²) in [5, 5.41) is 12.0. The topological polar surface area (TPSA) is 111 Å². The molecule has 1 spiro atoms. The van der Waals surface area contributed by atoms with Crippen LogP contribution in [-0.2, 0) is 16.4 Å². The van der Waals surface area contributed by atoms with Gasteiger partial charge < -0.3 is 25.0 Å². The summed E-state index contributed by atoms with van der Waals surface area (Å²) < 4.78 is 59.9. The first kappa shape index (κ1) is 26.1. The molecule has 1 amide bonds. The number of halogens is 2. The van der Waals surface area contributed by atoms with Crippen molar-refractivity contribution in [3.05, 3.63) is 41.5 Å². The van der Waals surface area contributed by atoms with Crippen LogP contribution < -0.4 is 24.6 Å². The van der Waals surface area contributed by atoms with E-state index >= 15 is 0 Å². The smallest absolute Gasteiger partial charge is 0.282 e. The van der Waals surface area contributed by atoms with Crippen LogP contribution in [0.5, 0.6) is 5.75 Å². The van der Waals surface area contributed by atoms with Crippen LogP contribution in [0.3, 0.4) is 0 Å². The molecule has 1 saturated carbocycles. The molecule has 2 aromatic carbocycles. The number of amides is 1. The van der Waals surface area contributed by atoms with Crippen molar-refractivity contribution in [2.75, 3.05) is 65.0 Å². The Labute approximate surface area is 226 Å². The van der Waals surface area contributed by atoms with Gasteiger partial charge >= 0.3 is 0 Å². The lowest BCUT2D eigenvalue weighted by molar-refractivity contribution is -0.0264. The van der Waals surface area contributed by atoms with Crippen molar-refractivity contribution in [3.63, 3.8) is 0 Å². The Bertz CT molecular complexity index is 1400. The second kappa shape index (κ2) is 9.51. The normalized spacial score (nSPS) is 20.7. The second-order valence-corrected chi connectivity index (χ2v) is 13.0. The summed E-state index contributed by atoms with van der Waals surface area (Å²) in [6.07, 6.45) is 5.11. The first-order valence-electron chi connectivity index (χ1n) is 13.3. The summed E-state index contributed by atoms with van der Waals surface area (Å²) >= 11 is 0. The lowest BCUT2D eigenvalue weighted by Gasteiger charge is -2.41. The Morgan fingerprint density at radius 3 is 2.38 bits per heavy atom. The minimum absolute atomic E-state index is 0.317. The molecule has 0 bridgehead atoms. The van der Waals surface area contributed by atoms with Crippen LogP contribution in [-0.4, -0.2) is 70.5 Å². The maximum absolute atomic E-state index is 13.6. The van der Waals surface area contributed by atoms with Crippen molar-refractivity contribution in [1.82, 2.24) is 0 Å². The molecular formula is C27H32F2N4O5S. The molecule has 0 aromatic heterocycles. The molecule has 0 radical (unpaired) electrons. The van der Waals surface area contributed by atoms with Gasteiger partial charge in [0.25, 0.3) is 11.8 Å². The summed E-state index contributed by atoms with van der Waals surface area (Å²) in [6.45, 7) is 0.689. The summed E-state index contributed by atoms with van der Waals surface area (Å²) in [5.74, 6) is -2.95. The lowest BCUT2D eigenvalue weighted by Crippen LogP contribution is -2.56. The van der Waals surface area contributed by atoms with E-state index in [0.717, 1.165) is 31.5 Å². The Balaban J connectivity index is 1.28. The molecule has 2 saturated heterocycles. The lowest BCUT2D eigenvalue weighted by atomic mass is 9.93. The summed E-state index contributed by atoms with van der Waals surface area (Å²) in [6, 6.07) is 8.28. The van der Waals surface area contributed by atoms with Gasteiger partial charge in [0.2, 0.25) is 10.0 Å². The number of rotatable bonds is 8. The number of hydrogen-bond acceptors (Lipinski definition) is 7. The molecule has 0 atom stereocenters. The Kier molecular flexibility index (Phi) is 6.37. The monoisotopic (exact) mass is 562 g/mol. The molecule has 9 nitrogen and oxygen atoms in total. The third-order valence-electron chi connectivity index (χ3n) is 8.20. The third-order valence-corrected chi connectivity index (χ3v) is 9.47. The largest absolute Gasteiger partial charge is 0.491 e. The van der Waals surface area contributed by atoms with Gasteiger partial charge in [-0.05, 0) is 61.4 Å². The van der Waals surface area contributed by atoms with Crippen molar-refractivity contribution in [1.29, 1.82) is 0 Å². The fourth-order valence-electron chi connectivity index (χ4n) is 5.77. The first-order chi connectivity index (χ1) is 18.6. The summed E-state index contributed by atoms with van der Waals surface area (Å²) in [7, 11) is -3.74. The highest BCUT2D eigenvalue weighted by atomic mass is 32.2. The number of anilines is 4. The van der Waals surface area contributed by atoms with E-state index in [1.54, 1.807) is 23.1 Å². The number of nitrogens with one attached hydrogen (secondary N) is 2. The molecule has 3 aliphatic heterocycles. The number of alkyl halides is 2. The molecule has 3 fully saturated rings. The average molecular weight is 563 g/mol.